The first kappa shape index (κ1) is 14.6. The minimum absolute atomic E-state index is 0.0290. The number of nitrogens with one attached hydrogen (secondary N) is 2. The van der Waals surface area contributed by atoms with Gasteiger partial charge in [-0.15, -0.1) is 0 Å². The Morgan fingerprint density at radius 2 is 2.19 bits per heavy atom. The highest BCUT2D eigenvalue weighted by Crippen LogP contribution is 2.00. The number of amides is 2. The largest absolute Gasteiger partial charge is 0.476 e. The van der Waals surface area contributed by atoms with Crippen molar-refractivity contribution in [3.05, 3.63) is 36.1 Å². The number of hydrogen-bond acceptors (Lipinski definition) is 5. The average molecular weight is 293 g/mol. The highest BCUT2D eigenvalue weighted by molar-refractivity contribution is 5.84. The van der Waals surface area contributed by atoms with Crippen LogP contribution in [0.2, 0.25) is 0 Å². The molecule has 0 spiro atoms. The van der Waals surface area contributed by atoms with Gasteiger partial charge in [-0.1, -0.05) is 0 Å². The van der Waals surface area contributed by atoms with Gasteiger partial charge in [0.05, 0.1) is 19.1 Å². The van der Waals surface area contributed by atoms with E-state index >= 15 is 0 Å². The van der Waals surface area contributed by atoms with Crippen LogP contribution in [0.4, 0.5) is 4.79 Å². The third kappa shape index (κ3) is 4.34. The van der Waals surface area contributed by atoms with Gasteiger partial charge in [-0.25, -0.2) is 19.6 Å². The molecule has 2 rings (SSSR count). The Labute approximate surface area is 120 Å². The number of aromatic nitrogens is 3. The van der Waals surface area contributed by atoms with Crippen LogP contribution in [0.1, 0.15) is 22.1 Å². The molecule has 9 heteroatoms. The second kappa shape index (κ2) is 6.55. The highest BCUT2D eigenvalue weighted by Gasteiger charge is 2.07. The maximum atomic E-state index is 11.5. The molecule has 0 unspecified atom stereocenters. The number of oxazole rings is 1. The van der Waals surface area contributed by atoms with Gasteiger partial charge in [-0.3, -0.25) is 0 Å². The van der Waals surface area contributed by atoms with Crippen molar-refractivity contribution in [2.75, 3.05) is 6.54 Å². The average Bonchev–Trinajstić information content (AvgIpc) is 3.05. The van der Waals surface area contributed by atoms with Crippen LogP contribution in [-0.2, 0) is 13.1 Å². The zero-order valence-electron chi connectivity index (χ0n) is 11.4. The number of aryl methyl sites for hydroxylation is 1. The van der Waals surface area contributed by atoms with Crippen molar-refractivity contribution in [2.24, 2.45) is 0 Å². The topological polar surface area (TPSA) is 122 Å². The minimum atomic E-state index is -1.08. The molecule has 2 aromatic heterocycles. The van der Waals surface area contributed by atoms with Gasteiger partial charge in [0.25, 0.3) is 0 Å². The molecular formula is C12H15N5O4. The van der Waals surface area contributed by atoms with E-state index in [0.29, 0.717) is 24.7 Å². The van der Waals surface area contributed by atoms with Gasteiger partial charge in [0.15, 0.2) is 5.69 Å². The van der Waals surface area contributed by atoms with Crippen LogP contribution in [0, 0.1) is 6.92 Å². The van der Waals surface area contributed by atoms with Crippen LogP contribution >= 0.6 is 0 Å². The third-order valence-electron chi connectivity index (χ3n) is 2.58. The van der Waals surface area contributed by atoms with Crippen molar-refractivity contribution in [3.8, 4) is 0 Å². The van der Waals surface area contributed by atoms with Crippen LogP contribution in [0.25, 0.3) is 0 Å². The Morgan fingerprint density at radius 1 is 1.38 bits per heavy atom. The molecule has 112 valence electrons. The van der Waals surface area contributed by atoms with Crippen LogP contribution in [-0.4, -0.2) is 38.2 Å². The number of urea groups is 1. The lowest BCUT2D eigenvalue weighted by Crippen LogP contribution is -2.36. The van der Waals surface area contributed by atoms with Crippen molar-refractivity contribution in [3.63, 3.8) is 0 Å². The monoisotopic (exact) mass is 293 g/mol. The Hall–Kier alpha value is -2.84. The molecule has 9 nitrogen and oxygen atoms in total. The number of imidazole rings is 1. The van der Waals surface area contributed by atoms with E-state index in [1.807, 2.05) is 0 Å². The summed E-state index contributed by atoms with van der Waals surface area (Å²) in [4.78, 5) is 29.8. The number of carboxylic acid groups (broad SMARTS) is 1. The SMILES string of the molecule is Cc1cnc(CNC(=O)NCCn2cnc(C(=O)O)c2)o1. The second-order valence-electron chi connectivity index (χ2n) is 4.28. The molecular weight excluding hydrogens is 278 g/mol. The zero-order valence-corrected chi connectivity index (χ0v) is 11.4. The lowest BCUT2D eigenvalue weighted by atomic mass is 10.5. The van der Waals surface area contributed by atoms with Crippen molar-refractivity contribution in [1.82, 2.24) is 25.2 Å². The van der Waals surface area contributed by atoms with Crippen molar-refractivity contribution >= 4 is 12.0 Å². The Balaban J connectivity index is 1.67. The van der Waals surface area contributed by atoms with E-state index in [4.69, 9.17) is 9.52 Å². The summed E-state index contributed by atoms with van der Waals surface area (Å²) in [6.07, 6.45) is 4.38. The molecule has 0 aliphatic rings. The summed E-state index contributed by atoms with van der Waals surface area (Å²) < 4.78 is 6.80. The van der Waals surface area contributed by atoms with E-state index in [0.717, 1.165) is 0 Å². The Bertz CT molecular complexity index is 633. The van der Waals surface area contributed by atoms with Gasteiger partial charge in [0.2, 0.25) is 5.89 Å². The predicted molar refractivity (Wildman–Crippen MR) is 70.7 cm³/mol. The van der Waals surface area contributed by atoms with Crippen molar-refractivity contribution in [1.29, 1.82) is 0 Å². The summed E-state index contributed by atoms with van der Waals surface area (Å²) in [5.41, 5.74) is -0.0290. The molecule has 0 saturated heterocycles. The minimum Gasteiger partial charge on any atom is -0.476 e. The fraction of sp³-hybridized carbons (Fsp3) is 0.333. The molecule has 0 radical (unpaired) electrons. The molecule has 2 heterocycles. The molecule has 0 saturated carbocycles. The van der Waals surface area contributed by atoms with Gasteiger partial charge in [-0.2, -0.15) is 0 Å². The molecule has 0 bridgehead atoms. The number of carbonyl (C=O) groups excluding carboxylic acids is 1. The molecule has 3 N–H and O–H groups in total. The smallest absolute Gasteiger partial charge is 0.356 e. The second-order valence-corrected chi connectivity index (χ2v) is 4.28. The number of nitrogens with zero attached hydrogens (tertiary/aromatic N) is 3. The summed E-state index contributed by atoms with van der Waals surface area (Å²) >= 11 is 0. The molecule has 0 aromatic carbocycles. The summed E-state index contributed by atoms with van der Waals surface area (Å²) in [5, 5.41) is 13.9. The van der Waals surface area contributed by atoms with E-state index in [-0.39, 0.29) is 18.3 Å². The first-order chi connectivity index (χ1) is 10.0. The molecule has 0 aliphatic heterocycles. The number of carbonyl (C=O) groups is 2. The lowest BCUT2D eigenvalue weighted by molar-refractivity contribution is 0.0691. The van der Waals surface area contributed by atoms with Crippen molar-refractivity contribution < 1.29 is 19.1 Å². The number of carboxylic acids is 1. The molecule has 0 aliphatic carbocycles. The molecule has 0 fully saturated rings. The van der Waals surface area contributed by atoms with Crippen LogP contribution in [0.5, 0.6) is 0 Å². The van der Waals surface area contributed by atoms with Crippen LogP contribution in [0.3, 0.4) is 0 Å². The van der Waals surface area contributed by atoms with Crippen LogP contribution in [0.15, 0.2) is 23.1 Å². The number of aromatic carboxylic acids is 1. The molecule has 2 aromatic rings. The lowest BCUT2D eigenvalue weighted by Gasteiger charge is -2.06. The first-order valence-electron chi connectivity index (χ1n) is 6.22. The molecule has 0 atom stereocenters. The number of hydrogen-bond donors (Lipinski definition) is 3. The summed E-state index contributed by atoms with van der Waals surface area (Å²) in [6, 6.07) is -0.357. The van der Waals surface area contributed by atoms with Gasteiger partial charge < -0.3 is 24.7 Å². The predicted octanol–water partition coefficient (Wildman–Crippen LogP) is 0.377. The first-order valence-corrected chi connectivity index (χ1v) is 6.22. The summed E-state index contributed by atoms with van der Waals surface area (Å²) in [7, 11) is 0. The number of rotatable bonds is 6. The Morgan fingerprint density at radius 3 is 2.81 bits per heavy atom. The molecule has 21 heavy (non-hydrogen) atoms. The summed E-state index contributed by atoms with van der Waals surface area (Å²) in [6.45, 7) is 2.73. The highest BCUT2D eigenvalue weighted by atomic mass is 16.4. The Kier molecular flexibility index (Phi) is 4.54. The normalized spacial score (nSPS) is 10.3. The van der Waals surface area contributed by atoms with Crippen LogP contribution < -0.4 is 10.6 Å². The maximum Gasteiger partial charge on any atom is 0.356 e. The standard InChI is InChI=1S/C12H15N5O4/c1-8-4-14-10(21-8)5-15-12(20)13-2-3-17-6-9(11(18)19)16-7-17/h4,6-7H,2-3,5H2,1H3,(H,18,19)(H2,13,15,20). The third-order valence-corrected chi connectivity index (χ3v) is 2.58. The fourth-order valence-electron chi connectivity index (χ4n) is 1.59. The zero-order chi connectivity index (χ0) is 15.2. The quantitative estimate of drug-likeness (QED) is 0.707. The van der Waals surface area contributed by atoms with E-state index in [2.05, 4.69) is 20.6 Å². The van der Waals surface area contributed by atoms with Crippen molar-refractivity contribution in [2.45, 2.75) is 20.0 Å². The molecule has 2 amide bonds. The summed E-state index contributed by atoms with van der Waals surface area (Å²) in [5.74, 6) is 0.0330. The maximum absolute atomic E-state index is 11.5. The van der Waals surface area contributed by atoms with Gasteiger partial charge in [0.1, 0.15) is 5.76 Å². The van der Waals surface area contributed by atoms with Gasteiger partial charge >= 0.3 is 12.0 Å². The van der Waals surface area contributed by atoms with E-state index in [1.165, 1.54) is 12.5 Å². The van der Waals surface area contributed by atoms with E-state index in [1.54, 1.807) is 17.7 Å². The van der Waals surface area contributed by atoms with E-state index in [9.17, 15) is 9.59 Å². The fourth-order valence-corrected chi connectivity index (χ4v) is 1.59. The van der Waals surface area contributed by atoms with Gasteiger partial charge in [0, 0.05) is 19.3 Å². The van der Waals surface area contributed by atoms with Gasteiger partial charge in [-0.05, 0) is 6.92 Å². The van der Waals surface area contributed by atoms with E-state index < -0.39 is 5.97 Å².